The van der Waals surface area contributed by atoms with Crippen LogP contribution in [0.2, 0.25) is 5.04 Å². The Hall–Kier alpha value is -5.37. The van der Waals surface area contributed by atoms with Crippen molar-refractivity contribution in [2.75, 3.05) is 47.9 Å². The van der Waals surface area contributed by atoms with Crippen LogP contribution in [0, 0.1) is 5.92 Å². The fourth-order valence-corrected chi connectivity index (χ4v) is 13.6. The summed E-state index contributed by atoms with van der Waals surface area (Å²) in [6.45, 7) is 15.4. The summed E-state index contributed by atoms with van der Waals surface area (Å²) in [6.07, 6.45) is 18.8. The van der Waals surface area contributed by atoms with E-state index in [2.05, 4.69) is 139 Å². The second-order valence-corrected chi connectivity index (χ2v) is 24.1. The quantitative estimate of drug-likeness (QED) is 0.0264. The summed E-state index contributed by atoms with van der Waals surface area (Å²) in [6, 6.07) is 37.2. The average Bonchev–Trinajstić information content (AvgIpc) is 3.39. The minimum absolute atomic E-state index is 0.0918. The molecule has 5 atom stereocenters. The third-order valence-electron chi connectivity index (χ3n) is 13.0. The monoisotopic (exact) mass is 1010 g/mol. The van der Waals surface area contributed by atoms with Gasteiger partial charge in [0.15, 0.2) is 0 Å². The van der Waals surface area contributed by atoms with Gasteiger partial charge in [-0.1, -0.05) is 166 Å². The first-order valence-corrected chi connectivity index (χ1v) is 27.7. The number of cyclic esters (lactones) is 1. The predicted octanol–water partition coefficient (Wildman–Crippen LogP) is 12.2. The molecule has 4 aromatic rings. The molecule has 1 aliphatic heterocycles. The van der Waals surface area contributed by atoms with E-state index in [0.29, 0.717) is 65.1 Å². The van der Waals surface area contributed by atoms with Crippen LogP contribution in [0.1, 0.15) is 91.2 Å². The van der Waals surface area contributed by atoms with Crippen LogP contribution < -0.4 is 19.8 Å². The van der Waals surface area contributed by atoms with Gasteiger partial charge >= 0.3 is 5.97 Å². The lowest BCUT2D eigenvalue weighted by molar-refractivity contribution is -0.144. The van der Waals surface area contributed by atoms with Gasteiger partial charge in [-0.25, -0.2) is 4.79 Å². The number of hydrogen-bond acceptors (Lipinski definition) is 10. The SMILES string of the molecule is COCCOCO[C@H]1CC/C=C/C=C(\C)C[C@H]([C@H](C)/C=C(\C)CO[Si](c2ccccc2)(c2ccccc2)C(C)(C)C)OC(=O)/C=C/CCC[C@H](OCc2ccc(OC)cc2)/C=C/[C@@H]1OCc1ccc(OC)cc1. The largest absolute Gasteiger partial charge is 0.497 e. The normalized spacial score (nSPS) is 21.5. The number of rotatable bonds is 21. The van der Waals surface area contributed by atoms with Crippen molar-refractivity contribution in [2.24, 2.45) is 5.92 Å². The second kappa shape index (κ2) is 31.4. The fourth-order valence-electron chi connectivity index (χ4n) is 8.98. The van der Waals surface area contributed by atoms with E-state index in [0.717, 1.165) is 40.2 Å². The zero-order valence-electron chi connectivity index (χ0n) is 45.0. The maximum atomic E-state index is 13.6. The van der Waals surface area contributed by atoms with Gasteiger partial charge in [-0.3, -0.25) is 0 Å². The molecule has 0 aliphatic carbocycles. The van der Waals surface area contributed by atoms with Gasteiger partial charge in [0.25, 0.3) is 8.32 Å². The van der Waals surface area contributed by atoms with Crippen molar-refractivity contribution < 1.29 is 47.1 Å². The first-order chi connectivity index (χ1) is 35.3. The maximum Gasteiger partial charge on any atom is 0.330 e. The molecule has 0 saturated carbocycles. The standard InChI is InChI=1S/C62H82O10Si/c1-48-22-14-10-20-28-58(70-47-67-41-40-64-7)59(69-46-52-32-36-54(66-9)37-33-52)39-38-55(68-45-51-30-34-53(65-8)35-31-51)23-15-11-21-29-61(63)72-60(43-48)50(3)42-49(2)44-71-73(62(4,5)6,56-24-16-12-17-25-56)57-26-18-13-19-27-57/h10,12-14,16-19,21-22,24-27,29-39,42,50,55,58-60H,11,15,20,23,28,40-41,43-47H2,1-9H3/b14-10+,29-21+,39-38+,48-22+,49-42+/t50-,55+,58+,59+,60-/m1/s1. The first-order valence-electron chi connectivity index (χ1n) is 25.8. The summed E-state index contributed by atoms with van der Waals surface area (Å²) in [5.74, 6) is 1.12. The van der Waals surface area contributed by atoms with E-state index < -0.39 is 20.5 Å². The third-order valence-corrected chi connectivity index (χ3v) is 18.0. The molecule has 1 aliphatic rings. The van der Waals surface area contributed by atoms with Gasteiger partial charge in [0.1, 0.15) is 30.5 Å². The highest BCUT2D eigenvalue weighted by Gasteiger charge is 2.50. The Balaban J connectivity index is 1.40. The van der Waals surface area contributed by atoms with Crippen molar-refractivity contribution in [1.82, 2.24) is 0 Å². The van der Waals surface area contributed by atoms with Crippen LogP contribution in [0.15, 0.2) is 169 Å². The highest BCUT2D eigenvalue weighted by molar-refractivity contribution is 6.99. The zero-order chi connectivity index (χ0) is 52.3. The molecule has 0 saturated heterocycles. The number of hydrogen-bond donors (Lipinski definition) is 0. The van der Waals surface area contributed by atoms with Crippen molar-refractivity contribution >= 4 is 24.7 Å². The molecule has 0 N–H and O–H groups in total. The first kappa shape index (κ1) is 58.5. The number of esters is 1. The predicted molar refractivity (Wildman–Crippen MR) is 296 cm³/mol. The molecule has 0 fully saturated rings. The van der Waals surface area contributed by atoms with Crippen molar-refractivity contribution in [3.63, 3.8) is 0 Å². The molecule has 1 heterocycles. The van der Waals surface area contributed by atoms with Crippen LogP contribution in [-0.4, -0.2) is 86.6 Å². The van der Waals surface area contributed by atoms with Gasteiger partial charge < -0.3 is 42.3 Å². The van der Waals surface area contributed by atoms with E-state index >= 15 is 0 Å². The topological polar surface area (TPSA) is 100 Å². The van der Waals surface area contributed by atoms with Crippen molar-refractivity contribution in [3.05, 3.63) is 180 Å². The maximum absolute atomic E-state index is 13.6. The number of benzene rings is 4. The molecule has 10 nitrogen and oxygen atoms in total. The number of methoxy groups -OCH3 is 3. The molecule has 4 aromatic carbocycles. The molecule has 0 amide bonds. The highest BCUT2D eigenvalue weighted by atomic mass is 28.4. The molecule has 5 rings (SSSR count). The molecule has 73 heavy (non-hydrogen) atoms. The van der Waals surface area contributed by atoms with Gasteiger partial charge in [0.05, 0.1) is 59.5 Å². The molecule has 394 valence electrons. The number of ether oxygens (including phenoxy) is 8. The van der Waals surface area contributed by atoms with Crippen LogP contribution >= 0.6 is 0 Å². The fraction of sp³-hybridized carbons (Fsp3) is 0.435. The summed E-state index contributed by atoms with van der Waals surface area (Å²) < 4.78 is 55.2. The van der Waals surface area contributed by atoms with Crippen molar-refractivity contribution in [3.8, 4) is 11.5 Å². The van der Waals surface area contributed by atoms with E-state index in [1.54, 1.807) is 27.4 Å². The highest BCUT2D eigenvalue weighted by Crippen LogP contribution is 2.37. The summed E-state index contributed by atoms with van der Waals surface area (Å²) in [5, 5.41) is 2.32. The van der Waals surface area contributed by atoms with E-state index in [9.17, 15) is 4.79 Å². The Labute approximate surface area is 438 Å². The van der Waals surface area contributed by atoms with Gasteiger partial charge in [-0.15, -0.1) is 0 Å². The lowest BCUT2D eigenvalue weighted by atomic mass is 9.95. The van der Waals surface area contributed by atoms with Crippen LogP contribution in [0.5, 0.6) is 11.5 Å². The Morgan fingerprint density at radius 3 is 1.96 bits per heavy atom. The van der Waals surface area contributed by atoms with Gasteiger partial charge in [-0.2, -0.15) is 0 Å². The van der Waals surface area contributed by atoms with Gasteiger partial charge in [0.2, 0.25) is 0 Å². The smallest absolute Gasteiger partial charge is 0.330 e. The van der Waals surface area contributed by atoms with Crippen LogP contribution in [0.25, 0.3) is 0 Å². The van der Waals surface area contributed by atoms with Gasteiger partial charge in [0, 0.05) is 25.5 Å². The third kappa shape index (κ3) is 19.4. The molecular weight excluding hydrogens is 933 g/mol. The minimum atomic E-state index is -2.76. The Morgan fingerprint density at radius 2 is 1.37 bits per heavy atom. The van der Waals surface area contributed by atoms with E-state index in [-0.39, 0.29) is 35.9 Å². The minimum Gasteiger partial charge on any atom is -0.497 e. The van der Waals surface area contributed by atoms with E-state index in [1.165, 1.54) is 10.4 Å². The molecule has 0 spiro atoms. The summed E-state index contributed by atoms with van der Waals surface area (Å²) in [5.41, 5.74) is 4.22. The molecule has 0 radical (unpaired) electrons. The molecule has 0 unspecified atom stereocenters. The average molecular weight is 1020 g/mol. The Morgan fingerprint density at radius 1 is 0.753 bits per heavy atom. The number of allylic oxidation sites excluding steroid dienone is 4. The lowest BCUT2D eigenvalue weighted by Gasteiger charge is -2.43. The summed E-state index contributed by atoms with van der Waals surface area (Å²) in [4.78, 5) is 13.6. The van der Waals surface area contributed by atoms with Crippen LogP contribution in [0.4, 0.5) is 0 Å². The van der Waals surface area contributed by atoms with Crippen molar-refractivity contribution in [2.45, 2.75) is 123 Å². The second-order valence-electron chi connectivity index (χ2n) is 19.8. The molecule has 11 heteroatoms. The molecule has 0 bridgehead atoms. The Kier molecular flexibility index (Phi) is 25.2. The zero-order valence-corrected chi connectivity index (χ0v) is 46.0. The number of carbonyl (C=O) groups is 1. The lowest BCUT2D eigenvalue weighted by Crippen LogP contribution is -2.66. The van der Waals surface area contributed by atoms with Gasteiger partial charge in [-0.05, 0) is 96.8 Å². The van der Waals surface area contributed by atoms with E-state index in [1.807, 2.05) is 54.6 Å². The van der Waals surface area contributed by atoms with Crippen molar-refractivity contribution in [1.29, 1.82) is 0 Å². The van der Waals surface area contributed by atoms with Crippen LogP contribution in [0.3, 0.4) is 0 Å². The summed E-state index contributed by atoms with van der Waals surface area (Å²) in [7, 11) is 2.21. The molecule has 0 aromatic heterocycles. The van der Waals surface area contributed by atoms with E-state index in [4.69, 9.17) is 42.3 Å². The number of carbonyl (C=O) groups excluding carboxylic acids is 1. The Bertz CT molecular complexity index is 2300. The summed E-state index contributed by atoms with van der Waals surface area (Å²) >= 11 is 0. The molecular formula is C62H82O10Si. The van der Waals surface area contributed by atoms with Crippen LogP contribution in [-0.2, 0) is 50.9 Å².